The van der Waals surface area contributed by atoms with Gasteiger partial charge in [0, 0.05) is 12.4 Å². The van der Waals surface area contributed by atoms with E-state index < -0.39 is 0 Å². The van der Waals surface area contributed by atoms with Crippen molar-refractivity contribution in [3.05, 3.63) is 164 Å². The van der Waals surface area contributed by atoms with Crippen molar-refractivity contribution in [1.82, 2.24) is 9.97 Å². The lowest BCUT2D eigenvalue weighted by Crippen LogP contribution is -1.95. The highest BCUT2D eigenvalue weighted by Crippen LogP contribution is 2.34. The van der Waals surface area contributed by atoms with Crippen molar-refractivity contribution < 1.29 is 0 Å². The van der Waals surface area contributed by atoms with Crippen molar-refractivity contribution in [2.45, 2.75) is 6.92 Å². The molecule has 7 rings (SSSR count). The third-order valence-electron chi connectivity index (χ3n) is 8.28. The Bertz CT molecular complexity index is 2390. The van der Waals surface area contributed by atoms with Crippen LogP contribution < -0.4 is 0 Å². The van der Waals surface area contributed by atoms with Crippen LogP contribution in [-0.2, 0) is 0 Å². The summed E-state index contributed by atoms with van der Waals surface area (Å²) in [5, 5.41) is 14.0. The molecule has 222 valence electrons. The molecule has 0 spiro atoms. The van der Waals surface area contributed by atoms with Crippen LogP contribution in [0.2, 0.25) is 0 Å². The normalized spacial score (nSPS) is 11.6. The Balaban J connectivity index is 1.27. The Kier molecular flexibility index (Phi) is 8.03. The second kappa shape index (κ2) is 12.9. The van der Waals surface area contributed by atoms with Crippen molar-refractivity contribution in [2.24, 2.45) is 4.99 Å². The van der Waals surface area contributed by atoms with Gasteiger partial charge in [-0.15, -0.1) is 0 Å². The zero-order valence-corrected chi connectivity index (χ0v) is 25.9. The highest BCUT2D eigenvalue weighted by molar-refractivity contribution is 5.95. The predicted molar refractivity (Wildman–Crippen MR) is 196 cm³/mol. The highest BCUT2D eigenvalue weighted by atomic mass is 14.8. The van der Waals surface area contributed by atoms with E-state index in [1.165, 1.54) is 10.8 Å². The quantitative estimate of drug-likeness (QED) is 0.171. The fraction of sp³-hybridized carbons (Fsp3) is 0.0233. The van der Waals surface area contributed by atoms with Gasteiger partial charge in [-0.3, -0.25) is 9.98 Å². The molecular formula is C43H30N4. The second-order valence-electron chi connectivity index (χ2n) is 11.3. The second-order valence-corrected chi connectivity index (χ2v) is 11.3. The van der Waals surface area contributed by atoms with E-state index in [2.05, 4.69) is 108 Å². The lowest BCUT2D eigenvalue weighted by atomic mass is 9.95. The Labute approximate surface area is 274 Å². The highest BCUT2D eigenvalue weighted by Gasteiger charge is 2.12. The van der Waals surface area contributed by atoms with Crippen LogP contribution in [0.3, 0.4) is 0 Å². The third kappa shape index (κ3) is 6.11. The molecule has 0 saturated carbocycles. The fourth-order valence-corrected chi connectivity index (χ4v) is 5.87. The lowest BCUT2D eigenvalue weighted by Gasteiger charge is -2.11. The Morgan fingerprint density at radius 2 is 1.28 bits per heavy atom. The molecule has 4 heteroatoms. The van der Waals surface area contributed by atoms with Gasteiger partial charge in [0.25, 0.3) is 0 Å². The zero-order valence-electron chi connectivity index (χ0n) is 25.9. The number of hydrogen-bond acceptors (Lipinski definition) is 4. The van der Waals surface area contributed by atoms with E-state index >= 15 is 0 Å². The van der Waals surface area contributed by atoms with Gasteiger partial charge in [-0.1, -0.05) is 85.5 Å². The van der Waals surface area contributed by atoms with Crippen molar-refractivity contribution in [3.63, 3.8) is 0 Å². The van der Waals surface area contributed by atoms with Crippen LogP contribution in [0, 0.1) is 11.3 Å². The number of rotatable bonds is 7. The number of benzene rings is 5. The summed E-state index contributed by atoms with van der Waals surface area (Å²) in [6.45, 7) is 5.73. The van der Waals surface area contributed by atoms with E-state index in [-0.39, 0.29) is 0 Å². The van der Waals surface area contributed by atoms with Crippen molar-refractivity contribution in [3.8, 4) is 50.8 Å². The average Bonchev–Trinajstić information content (AvgIpc) is 3.14. The van der Waals surface area contributed by atoms with Crippen molar-refractivity contribution in [2.75, 3.05) is 0 Å². The standard InChI is InChI=1S/C43H30N4/c1-3-19-45-40(4-2)42-26-39(27-43(47-42)41-10-5-6-20-46-41)37-14-12-30-11-13-36(24-38(30)25-37)35-18-17-33-22-32(15-16-34(33)23-35)31-9-7-8-29(21-31)28-44/h3-27H,1H2,2H3/b40-4-,45-19-. The summed E-state index contributed by atoms with van der Waals surface area (Å²) in [7, 11) is 0. The fourth-order valence-electron chi connectivity index (χ4n) is 5.87. The maximum absolute atomic E-state index is 9.31. The number of allylic oxidation sites excluding steroid dienone is 2. The van der Waals surface area contributed by atoms with Gasteiger partial charge in [-0.05, 0) is 123 Å². The predicted octanol–water partition coefficient (Wildman–Crippen LogP) is 10.9. The van der Waals surface area contributed by atoms with Crippen molar-refractivity contribution >= 4 is 33.5 Å². The smallest absolute Gasteiger partial charge is 0.0991 e. The van der Waals surface area contributed by atoms with Gasteiger partial charge < -0.3 is 0 Å². The Morgan fingerprint density at radius 1 is 0.638 bits per heavy atom. The summed E-state index contributed by atoms with van der Waals surface area (Å²) in [6.07, 6.45) is 7.09. The SMILES string of the molecule is C=C/C=N\C(=C/C)c1cc(-c2ccc3ccc(-c4ccc5cc(-c6cccc(C#N)c6)ccc5c4)cc3c2)cc(-c2ccccn2)n1. The molecule has 0 atom stereocenters. The molecule has 7 aromatic rings. The van der Waals surface area contributed by atoms with Crippen LogP contribution in [0.15, 0.2) is 157 Å². The molecule has 0 N–H and O–H groups in total. The lowest BCUT2D eigenvalue weighted by molar-refractivity contribution is 1.21. The minimum Gasteiger partial charge on any atom is -0.255 e. The molecule has 0 unspecified atom stereocenters. The van der Waals surface area contributed by atoms with Gasteiger partial charge >= 0.3 is 0 Å². The molecule has 0 aliphatic heterocycles. The van der Waals surface area contributed by atoms with E-state index in [1.54, 1.807) is 18.5 Å². The number of aliphatic imine (C=N–C) groups is 1. The van der Waals surface area contributed by atoms with Crippen LogP contribution in [0.25, 0.3) is 72.0 Å². The summed E-state index contributed by atoms with van der Waals surface area (Å²) in [5.74, 6) is 0. The number of nitrogens with zero attached hydrogens (tertiary/aromatic N) is 4. The number of hydrogen-bond donors (Lipinski definition) is 0. The summed E-state index contributed by atoms with van der Waals surface area (Å²) in [4.78, 5) is 14.1. The molecule has 5 aromatic carbocycles. The minimum absolute atomic E-state index is 0.663. The molecule has 0 radical (unpaired) electrons. The molecular weight excluding hydrogens is 573 g/mol. The van der Waals surface area contributed by atoms with Gasteiger partial charge in [-0.25, -0.2) is 4.98 Å². The maximum atomic E-state index is 9.31. The zero-order chi connectivity index (χ0) is 32.2. The van der Waals surface area contributed by atoms with Crippen molar-refractivity contribution in [1.29, 1.82) is 5.26 Å². The summed E-state index contributed by atoms with van der Waals surface area (Å²) in [5.41, 5.74) is 10.4. The van der Waals surface area contributed by atoms with Gasteiger partial charge in [-0.2, -0.15) is 5.26 Å². The van der Waals surface area contributed by atoms with Crippen LogP contribution >= 0.6 is 0 Å². The van der Waals surface area contributed by atoms with E-state index in [0.29, 0.717) is 5.56 Å². The van der Waals surface area contributed by atoms with E-state index in [1.807, 2.05) is 55.5 Å². The summed E-state index contributed by atoms with van der Waals surface area (Å²) < 4.78 is 0. The van der Waals surface area contributed by atoms with Gasteiger partial charge in [0.2, 0.25) is 0 Å². The summed E-state index contributed by atoms with van der Waals surface area (Å²) >= 11 is 0. The monoisotopic (exact) mass is 602 g/mol. The van der Waals surface area contributed by atoms with E-state index in [0.717, 1.165) is 66.9 Å². The van der Waals surface area contributed by atoms with E-state index in [9.17, 15) is 5.26 Å². The number of nitriles is 1. The first-order valence-corrected chi connectivity index (χ1v) is 15.5. The third-order valence-corrected chi connectivity index (χ3v) is 8.28. The number of pyridine rings is 2. The molecule has 0 aliphatic carbocycles. The molecule has 0 fully saturated rings. The topological polar surface area (TPSA) is 61.9 Å². The minimum atomic E-state index is 0.663. The molecule has 47 heavy (non-hydrogen) atoms. The van der Waals surface area contributed by atoms with Crippen LogP contribution in [0.1, 0.15) is 18.2 Å². The summed E-state index contributed by atoms with van der Waals surface area (Å²) in [6, 6.07) is 46.3. The number of aromatic nitrogens is 2. The molecule has 2 heterocycles. The van der Waals surface area contributed by atoms with Gasteiger partial charge in [0.05, 0.1) is 34.4 Å². The first-order valence-electron chi connectivity index (χ1n) is 15.5. The van der Waals surface area contributed by atoms with E-state index in [4.69, 9.17) is 4.98 Å². The largest absolute Gasteiger partial charge is 0.255 e. The molecule has 2 aromatic heterocycles. The Morgan fingerprint density at radius 3 is 1.89 bits per heavy atom. The molecule has 4 nitrogen and oxygen atoms in total. The van der Waals surface area contributed by atoms with Gasteiger partial charge in [0.15, 0.2) is 0 Å². The first kappa shape index (κ1) is 29.3. The number of fused-ring (bicyclic) bond motifs is 2. The van der Waals surface area contributed by atoms with Gasteiger partial charge in [0.1, 0.15) is 0 Å². The van der Waals surface area contributed by atoms with Crippen LogP contribution in [0.4, 0.5) is 0 Å². The first-order chi connectivity index (χ1) is 23.1. The molecule has 0 bridgehead atoms. The molecule has 0 aliphatic rings. The van der Waals surface area contributed by atoms with Crippen LogP contribution in [-0.4, -0.2) is 16.2 Å². The molecule has 0 amide bonds. The maximum Gasteiger partial charge on any atom is 0.0991 e. The molecule has 0 saturated heterocycles. The van der Waals surface area contributed by atoms with Crippen LogP contribution in [0.5, 0.6) is 0 Å². The Hall–Kier alpha value is -6.44. The average molecular weight is 603 g/mol.